The van der Waals surface area contributed by atoms with Crippen LogP contribution in [0.2, 0.25) is 0 Å². The van der Waals surface area contributed by atoms with Gasteiger partial charge in [0, 0.05) is 18.1 Å². The molecule has 0 fully saturated rings. The van der Waals surface area contributed by atoms with Gasteiger partial charge in [-0.05, 0) is 22.4 Å². The largest absolute Gasteiger partial charge is 0.486 e. The third-order valence-corrected chi connectivity index (χ3v) is 3.25. The zero-order valence-corrected chi connectivity index (χ0v) is 10.4. The third-order valence-electron chi connectivity index (χ3n) is 2.41. The van der Waals surface area contributed by atoms with E-state index in [1.165, 1.54) is 6.07 Å². The first-order valence-electron chi connectivity index (χ1n) is 5.08. The second-order valence-electron chi connectivity index (χ2n) is 3.57. The van der Waals surface area contributed by atoms with Crippen LogP contribution in [0.1, 0.15) is 12.0 Å². The van der Waals surface area contributed by atoms with E-state index in [1.807, 2.05) is 0 Å². The summed E-state index contributed by atoms with van der Waals surface area (Å²) in [6.07, 6.45) is -0.0203. The number of hydrogen-bond acceptors (Lipinski definition) is 3. The van der Waals surface area contributed by atoms with Crippen LogP contribution in [0.4, 0.5) is 4.39 Å². The lowest BCUT2D eigenvalue weighted by molar-refractivity contribution is -0.136. The van der Waals surface area contributed by atoms with Crippen LogP contribution in [-0.2, 0) is 11.2 Å². The summed E-state index contributed by atoms with van der Waals surface area (Å²) in [5.74, 6) is -0.661. The Hall–Kier alpha value is -1.30. The van der Waals surface area contributed by atoms with E-state index < -0.39 is 11.8 Å². The molecule has 0 aliphatic carbocycles. The van der Waals surface area contributed by atoms with E-state index in [1.54, 1.807) is 0 Å². The molecule has 0 aromatic heterocycles. The van der Waals surface area contributed by atoms with Gasteiger partial charge >= 0.3 is 5.97 Å². The topological polar surface area (TPSA) is 55.8 Å². The highest BCUT2D eigenvalue weighted by atomic mass is 79.9. The first-order valence-corrected chi connectivity index (χ1v) is 5.87. The van der Waals surface area contributed by atoms with Gasteiger partial charge in [-0.1, -0.05) is 0 Å². The quantitative estimate of drug-likeness (QED) is 0.931. The smallest absolute Gasteiger partial charge is 0.303 e. The minimum atomic E-state index is -0.966. The second kappa shape index (κ2) is 4.91. The van der Waals surface area contributed by atoms with Crippen LogP contribution in [0, 0.1) is 5.82 Å². The molecule has 0 saturated carbocycles. The van der Waals surface area contributed by atoms with Gasteiger partial charge in [-0.25, -0.2) is 4.39 Å². The Morgan fingerprint density at radius 3 is 2.88 bits per heavy atom. The van der Waals surface area contributed by atoms with E-state index in [0.29, 0.717) is 34.7 Å². The molecule has 0 radical (unpaired) electrons. The van der Waals surface area contributed by atoms with Gasteiger partial charge in [-0.3, -0.25) is 4.79 Å². The van der Waals surface area contributed by atoms with E-state index in [0.717, 1.165) is 0 Å². The van der Waals surface area contributed by atoms with Gasteiger partial charge in [-0.2, -0.15) is 0 Å². The van der Waals surface area contributed by atoms with Crippen LogP contribution < -0.4 is 9.47 Å². The van der Waals surface area contributed by atoms with Gasteiger partial charge < -0.3 is 14.6 Å². The molecule has 1 aromatic carbocycles. The van der Waals surface area contributed by atoms with Gasteiger partial charge in [0.05, 0.1) is 4.47 Å². The normalized spacial score (nSPS) is 13.5. The second-order valence-corrected chi connectivity index (χ2v) is 4.36. The van der Waals surface area contributed by atoms with Crippen LogP contribution in [-0.4, -0.2) is 24.3 Å². The van der Waals surface area contributed by atoms with E-state index in [4.69, 9.17) is 14.6 Å². The number of ether oxygens (including phenoxy) is 2. The Kier molecular flexibility index (Phi) is 3.51. The summed E-state index contributed by atoms with van der Waals surface area (Å²) < 4.78 is 24.8. The maximum absolute atomic E-state index is 13.7. The fourth-order valence-electron chi connectivity index (χ4n) is 1.62. The number of carboxylic acid groups (broad SMARTS) is 1. The van der Waals surface area contributed by atoms with Crippen LogP contribution in [0.3, 0.4) is 0 Å². The molecule has 1 aromatic rings. The summed E-state index contributed by atoms with van der Waals surface area (Å²) in [7, 11) is 0. The fraction of sp³-hybridized carbons (Fsp3) is 0.364. The summed E-state index contributed by atoms with van der Waals surface area (Å²) in [4.78, 5) is 10.5. The minimum absolute atomic E-state index is 0.110. The molecule has 92 valence electrons. The van der Waals surface area contributed by atoms with E-state index in [2.05, 4.69) is 15.9 Å². The van der Waals surface area contributed by atoms with Crippen molar-refractivity contribution in [3.05, 3.63) is 21.9 Å². The third kappa shape index (κ3) is 2.52. The first-order chi connectivity index (χ1) is 8.09. The summed E-state index contributed by atoms with van der Waals surface area (Å²) >= 11 is 3.23. The maximum Gasteiger partial charge on any atom is 0.303 e. The lowest BCUT2D eigenvalue weighted by atomic mass is 10.1. The molecule has 0 atom stereocenters. The molecule has 1 aliphatic heterocycles. The van der Waals surface area contributed by atoms with Gasteiger partial charge in [0.2, 0.25) is 0 Å². The highest BCUT2D eigenvalue weighted by Crippen LogP contribution is 2.41. The fourth-order valence-corrected chi connectivity index (χ4v) is 2.31. The molecule has 1 aliphatic rings. The number of carboxylic acids is 1. The van der Waals surface area contributed by atoms with E-state index >= 15 is 0 Å². The van der Waals surface area contributed by atoms with Gasteiger partial charge in [0.25, 0.3) is 0 Å². The van der Waals surface area contributed by atoms with E-state index in [-0.39, 0.29) is 12.8 Å². The Labute approximate surface area is 105 Å². The van der Waals surface area contributed by atoms with Crippen molar-refractivity contribution in [3.63, 3.8) is 0 Å². The van der Waals surface area contributed by atoms with E-state index in [9.17, 15) is 9.18 Å². The van der Waals surface area contributed by atoms with Crippen molar-refractivity contribution in [2.45, 2.75) is 12.8 Å². The highest BCUT2D eigenvalue weighted by Gasteiger charge is 2.21. The van der Waals surface area contributed by atoms with Crippen LogP contribution in [0.5, 0.6) is 11.5 Å². The summed E-state index contributed by atoms with van der Waals surface area (Å²) in [6.45, 7) is 0.781. The number of benzene rings is 1. The lowest BCUT2D eigenvalue weighted by Crippen LogP contribution is -2.16. The molecular formula is C11H10BrFO4. The average molecular weight is 305 g/mol. The number of hydrogen-bond donors (Lipinski definition) is 1. The highest BCUT2D eigenvalue weighted by molar-refractivity contribution is 9.10. The average Bonchev–Trinajstić information content (AvgIpc) is 2.28. The summed E-state index contributed by atoms with van der Waals surface area (Å²) in [5, 5.41) is 8.60. The number of rotatable bonds is 3. The van der Waals surface area contributed by atoms with Crippen molar-refractivity contribution in [1.82, 2.24) is 0 Å². The number of aliphatic carboxylic acids is 1. The van der Waals surface area contributed by atoms with Crippen molar-refractivity contribution >= 4 is 21.9 Å². The molecule has 0 spiro atoms. The molecule has 17 heavy (non-hydrogen) atoms. The molecule has 1 N–H and O–H groups in total. The Bertz CT molecular complexity index is 461. The first kappa shape index (κ1) is 12.2. The molecule has 0 amide bonds. The summed E-state index contributed by atoms with van der Waals surface area (Å²) in [5.41, 5.74) is 0.302. The predicted molar refractivity (Wildman–Crippen MR) is 61.0 cm³/mol. The standard InChI is InChI=1S/C11H10BrFO4/c12-10-6(1-2-9(14)15)7(13)5-8-11(10)17-4-3-16-8/h5H,1-4H2,(H,14,15). The van der Waals surface area contributed by atoms with Gasteiger partial charge in [-0.15, -0.1) is 0 Å². The number of fused-ring (bicyclic) bond motifs is 1. The Balaban J connectivity index is 2.35. The predicted octanol–water partition coefficient (Wildman–Crippen LogP) is 2.38. The van der Waals surface area contributed by atoms with Crippen LogP contribution in [0.15, 0.2) is 10.5 Å². The Morgan fingerprint density at radius 1 is 1.47 bits per heavy atom. The molecule has 1 heterocycles. The van der Waals surface area contributed by atoms with Gasteiger partial charge in [0.15, 0.2) is 11.5 Å². The monoisotopic (exact) mass is 304 g/mol. The van der Waals surface area contributed by atoms with Crippen LogP contribution in [0.25, 0.3) is 0 Å². The summed E-state index contributed by atoms with van der Waals surface area (Å²) in [6, 6.07) is 1.23. The molecule has 0 unspecified atom stereocenters. The van der Waals surface area contributed by atoms with Crippen molar-refractivity contribution < 1.29 is 23.8 Å². The van der Waals surface area contributed by atoms with Crippen molar-refractivity contribution in [3.8, 4) is 11.5 Å². The van der Waals surface area contributed by atoms with Gasteiger partial charge in [0.1, 0.15) is 19.0 Å². The SMILES string of the molecule is O=C(O)CCc1c(F)cc2c(c1Br)OCCO2. The van der Waals surface area contributed by atoms with Crippen molar-refractivity contribution in [2.75, 3.05) is 13.2 Å². The van der Waals surface area contributed by atoms with Crippen molar-refractivity contribution in [2.24, 2.45) is 0 Å². The molecule has 2 rings (SSSR count). The zero-order chi connectivity index (χ0) is 12.4. The molecule has 0 saturated heterocycles. The zero-order valence-electron chi connectivity index (χ0n) is 8.83. The maximum atomic E-state index is 13.7. The number of carbonyl (C=O) groups is 1. The molecule has 0 bridgehead atoms. The lowest BCUT2D eigenvalue weighted by Gasteiger charge is -2.21. The van der Waals surface area contributed by atoms with Crippen LogP contribution >= 0.6 is 15.9 Å². The van der Waals surface area contributed by atoms with Crippen molar-refractivity contribution in [1.29, 1.82) is 0 Å². The number of halogens is 2. The Morgan fingerprint density at radius 2 is 2.18 bits per heavy atom. The molecule has 6 heteroatoms. The molecule has 4 nitrogen and oxygen atoms in total. The minimum Gasteiger partial charge on any atom is -0.486 e. The molecular weight excluding hydrogens is 295 g/mol.